The van der Waals surface area contributed by atoms with Crippen molar-refractivity contribution in [3.63, 3.8) is 0 Å². The van der Waals surface area contributed by atoms with Crippen LogP contribution in [0, 0.1) is 0 Å². The second-order valence-electron chi connectivity index (χ2n) is 7.83. The van der Waals surface area contributed by atoms with Crippen LogP contribution in [0.5, 0.6) is 0 Å². The van der Waals surface area contributed by atoms with Gasteiger partial charge in [0, 0.05) is 30.6 Å². The Morgan fingerprint density at radius 2 is 1.45 bits per heavy atom. The van der Waals surface area contributed by atoms with Crippen molar-refractivity contribution >= 4 is 43.3 Å². The molecule has 0 aliphatic rings. The summed E-state index contributed by atoms with van der Waals surface area (Å²) < 4.78 is 36.1. The zero-order valence-electron chi connectivity index (χ0n) is 18.5. The number of anilines is 1. The molecule has 0 atom stereocenters. The number of esters is 1. The van der Waals surface area contributed by atoms with Gasteiger partial charge in [0.05, 0.1) is 6.42 Å². The lowest BCUT2D eigenvalue weighted by molar-refractivity contribution is -0.143. The third-order valence-electron chi connectivity index (χ3n) is 5.41. The van der Waals surface area contributed by atoms with Gasteiger partial charge in [-0.15, -0.1) is 0 Å². The highest BCUT2D eigenvalue weighted by Crippen LogP contribution is 2.30. The number of benzene rings is 4. The molecule has 7 heteroatoms. The van der Waals surface area contributed by atoms with E-state index in [0.717, 1.165) is 27.4 Å². The highest BCUT2D eigenvalue weighted by molar-refractivity contribution is 7.87. The average molecular weight is 464 g/mol. The molecule has 0 heterocycles. The molecule has 0 N–H and O–H groups in total. The van der Waals surface area contributed by atoms with E-state index in [0.29, 0.717) is 5.39 Å². The molecule has 0 saturated carbocycles. The van der Waals surface area contributed by atoms with E-state index in [2.05, 4.69) is 0 Å². The molecule has 33 heavy (non-hydrogen) atoms. The second kappa shape index (κ2) is 9.60. The Kier molecular flexibility index (Phi) is 6.62. The van der Waals surface area contributed by atoms with Gasteiger partial charge in [-0.3, -0.25) is 8.98 Å². The Labute approximate surface area is 193 Å². The average Bonchev–Trinajstić information content (AvgIpc) is 2.81. The SMILES string of the molecule is CN(C)c1cccc2c(S(=O)(=O)OCCOC(=O)Cc3cccc4ccccc34)cccc12. The Hall–Kier alpha value is -3.42. The topological polar surface area (TPSA) is 72.9 Å². The Balaban J connectivity index is 1.39. The molecule has 0 amide bonds. The van der Waals surface area contributed by atoms with E-state index in [1.807, 2.05) is 79.7 Å². The number of hydrogen-bond donors (Lipinski definition) is 0. The molecule has 0 spiro atoms. The fourth-order valence-electron chi connectivity index (χ4n) is 3.89. The Morgan fingerprint density at radius 1 is 0.788 bits per heavy atom. The maximum atomic E-state index is 12.8. The summed E-state index contributed by atoms with van der Waals surface area (Å²) in [6.45, 7) is -0.413. The van der Waals surface area contributed by atoms with Gasteiger partial charge < -0.3 is 9.64 Å². The molecular formula is C26H25NO5S. The van der Waals surface area contributed by atoms with Gasteiger partial charge in [0.25, 0.3) is 10.1 Å². The van der Waals surface area contributed by atoms with Crippen LogP contribution in [0.1, 0.15) is 5.56 Å². The first-order valence-corrected chi connectivity index (χ1v) is 12.0. The molecule has 6 nitrogen and oxygen atoms in total. The van der Waals surface area contributed by atoms with Crippen molar-refractivity contribution in [2.45, 2.75) is 11.3 Å². The van der Waals surface area contributed by atoms with Crippen LogP contribution < -0.4 is 4.90 Å². The summed E-state index contributed by atoms with van der Waals surface area (Å²) in [5.41, 5.74) is 1.77. The number of hydrogen-bond acceptors (Lipinski definition) is 6. The van der Waals surface area contributed by atoms with Crippen molar-refractivity contribution < 1.29 is 22.1 Å². The van der Waals surface area contributed by atoms with Crippen LogP contribution in [0.15, 0.2) is 83.8 Å². The number of rotatable bonds is 8. The Morgan fingerprint density at radius 3 is 2.27 bits per heavy atom. The molecule has 0 fully saturated rings. The summed E-state index contributed by atoms with van der Waals surface area (Å²) in [6, 6.07) is 24.1. The van der Waals surface area contributed by atoms with Crippen LogP contribution in [0.25, 0.3) is 21.5 Å². The smallest absolute Gasteiger partial charge is 0.310 e. The predicted octanol–water partition coefficient (Wildman–Crippen LogP) is 4.55. The lowest BCUT2D eigenvalue weighted by Gasteiger charge is -2.16. The summed E-state index contributed by atoms with van der Waals surface area (Å²) in [5.74, 6) is -0.437. The molecule has 4 aromatic carbocycles. The summed E-state index contributed by atoms with van der Waals surface area (Å²) in [4.78, 5) is 14.3. The minimum Gasteiger partial charge on any atom is -0.463 e. The fraction of sp³-hybridized carbons (Fsp3) is 0.192. The summed E-state index contributed by atoms with van der Waals surface area (Å²) in [6.07, 6.45) is 0.102. The van der Waals surface area contributed by atoms with Gasteiger partial charge in [0.15, 0.2) is 0 Å². The maximum absolute atomic E-state index is 12.8. The van der Waals surface area contributed by atoms with Crippen LogP contribution in [-0.4, -0.2) is 41.7 Å². The van der Waals surface area contributed by atoms with Gasteiger partial charge >= 0.3 is 5.97 Å². The monoisotopic (exact) mass is 463 g/mol. The van der Waals surface area contributed by atoms with Gasteiger partial charge in [-0.1, -0.05) is 66.7 Å². The van der Waals surface area contributed by atoms with Crippen molar-refractivity contribution in [1.29, 1.82) is 0 Å². The van der Waals surface area contributed by atoms with Crippen LogP contribution in [0.4, 0.5) is 5.69 Å². The van der Waals surface area contributed by atoms with Crippen molar-refractivity contribution in [1.82, 2.24) is 0 Å². The van der Waals surface area contributed by atoms with Crippen LogP contribution in [0.3, 0.4) is 0 Å². The minimum atomic E-state index is -4.02. The largest absolute Gasteiger partial charge is 0.463 e. The van der Waals surface area contributed by atoms with Crippen molar-refractivity contribution in [2.24, 2.45) is 0 Å². The molecule has 0 unspecified atom stereocenters. The van der Waals surface area contributed by atoms with Crippen LogP contribution in [-0.2, 0) is 30.3 Å². The quantitative estimate of drug-likeness (QED) is 0.217. The molecule has 4 aromatic rings. The summed E-state index contributed by atoms with van der Waals surface area (Å²) in [5, 5.41) is 3.43. The van der Waals surface area contributed by atoms with E-state index < -0.39 is 16.1 Å². The van der Waals surface area contributed by atoms with E-state index in [9.17, 15) is 13.2 Å². The first kappa shape index (κ1) is 22.8. The van der Waals surface area contributed by atoms with Crippen molar-refractivity contribution in [3.05, 3.63) is 84.4 Å². The first-order chi connectivity index (χ1) is 15.9. The zero-order valence-corrected chi connectivity index (χ0v) is 19.3. The molecule has 0 radical (unpaired) electrons. The molecular weight excluding hydrogens is 438 g/mol. The third-order valence-corrected chi connectivity index (χ3v) is 6.78. The zero-order chi connectivity index (χ0) is 23.4. The lowest BCUT2D eigenvalue weighted by atomic mass is 10.0. The highest BCUT2D eigenvalue weighted by Gasteiger charge is 2.20. The number of carbonyl (C=O) groups excluding carboxylic acids is 1. The number of carbonyl (C=O) groups is 1. The van der Waals surface area contributed by atoms with Crippen LogP contribution in [0.2, 0.25) is 0 Å². The van der Waals surface area contributed by atoms with Crippen molar-refractivity contribution in [2.75, 3.05) is 32.2 Å². The van der Waals surface area contributed by atoms with E-state index in [-0.39, 0.29) is 24.5 Å². The molecule has 0 aliphatic carbocycles. The normalized spacial score (nSPS) is 11.6. The van der Waals surface area contributed by atoms with Gasteiger partial charge in [-0.2, -0.15) is 8.42 Å². The summed E-state index contributed by atoms with van der Waals surface area (Å²) >= 11 is 0. The molecule has 170 valence electrons. The predicted molar refractivity (Wildman–Crippen MR) is 130 cm³/mol. The Bertz CT molecular complexity index is 1410. The minimum absolute atomic E-state index is 0.0887. The molecule has 4 rings (SSSR count). The standard InChI is InChI=1S/C26H25NO5S/c1-27(2)24-14-6-13-23-22(24)12-7-15-25(23)33(29,30)32-17-16-31-26(28)18-20-10-5-9-19-8-3-4-11-21(19)20/h3-15H,16-18H2,1-2H3. The first-order valence-electron chi connectivity index (χ1n) is 10.6. The van der Waals surface area contributed by atoms with Gasteiger partial charge in [-0.25, -0.2) is 0 Å². The molecule has 0 saturated heterocycles. The highest BCUT2D eigenvalue weighted by atomic mass is 32.2. The molecule has 0 aliphatic heterocycles. The number of fused-ring (bicyclic) bond motifs is 2. The lowest BCUT2D eigenvalue weighted by Crippen LogP contribution is -2.16. The van der Waals surface area contributed by atoms with E-state index in [4.69, 9.17) is 8.92 Å². The van der Waals surface area contributed by atoms with Crippen molar-refractivity contribution in [3.8, 4) is 0 Å². The van der Waals surface area contributed by atoms with Gasteiger partial charge in [-0.05, 0) is 28.5 Å². The maximum Gasteiger partial charge on any atom is 0.310 e. The van der Waals surface area contributed by atoms with Gasteiger partial charge in [0.2, 0.25) is 0 Å². The van der Waals surface area contributed by atoms with Gasteiger partial charge in [0.1, 0.15) is 18.1 Å². The van der Waals surface area contributed by atoms with Crippen LogP contribution >= 0.6 is 0 Å². The van der Waals surface area contributed by atoms with E-state index >= 15 is 0 Å². The van der Waals surface area contributed by atoms with E-state index in [1.54, 1.807) is 12.1 Å². The molecule has 0 bridgehead atoms. The number of nitrogens with zero attached hydrogens (tertiary/aromatic N) is 1. The summed E-state index contributed by atoms with van der Waals surface area (Å²) in [7, 11) is -0.221. The van der Waals surface area contributed by atoms with E-state index in [1.165, 1.54) is 6.07 Å². The fourth-order valence-corrected chi connectivity index (χ4v) is 5.00. The second-order valence-corrected chi connectivity index (χ2v) is 9.42. The third kappa shape index (κ3) is 4.99. The number of ether oxygens (including phenoxy) is 1. The molecule has 0 aromatic heterocycles.